The molecule has 1 amide bonds. The Bertz CT molecular complexity index is 633. The average molecular weight is 293 g/mol. The molecule has 102 valence electrons. The number of aromatic nitrogens is 2. The minimum absolute atomic E-state index is 0.136. The number of nitrogens with zero attached hydrogens (tertiary/aromatic N) is 3. The number of anilines is 1. The molecule has 1 unspecified atom stereocenters. The van der Waals surface area contributed by atoms with E-state index in [-0.39, 0.29) is 23.2 Å². The smallest absolute Gasteiger partial charge is 0.240 e. The standard InChI is InChI=1S/C13H9F2N3OS/c14-8-3-1-4-9(15)11(8)12-18(10(19)7-20-12)13-16-5-2-6-17-13/h1-6,12H,7H2. The number of carbonyl (C=O) groups excluding carboxylic acids is 1. The van der Waals surface area contributed by atoms with Gasteiger partial charge in [0.2, 0.25) is 11.9 Å². The minimum Gasteiger partial charge on any atom is -0.273 e. The van der Waals surface area contributed by atoms with Crippen LogP contribution in [0.3, 0.4) is 0 Å². The Hall–Kier alpha value is -2.02. The SMILES string of the molecule is O=C1CSC(c2c(F)cccc2F)N1c1ncccn1. The maximum atomic E-state index is 13.9. The summed E-state index contributed by atoms with van der Waals surface area (Å²) in [5, 5.41) is -0.786. The molecule has 0 spiro atoms. The number of thioether (sulfide) groups is 1. The van der Waals surface area contributed by atoms with Crippen molar-refractivity contribution in [2.24, 2.45) is 0 Å². The van der Waals surface area contributed by atoms with E-state index < -0.39 is 17.0 Å². The van der Waals surface area contributed by atoms with Crippen molar-refractivity contribution in [1.82, 2.24) is 9.97 Å². The topological polar surface area (TPSA) is 46.1 Å². The molecule has 1 aromatic heterocycles. The highest BCUT2D eigenvalue weighted by molar-refractivity contribution is 8.00. The fourth-order valence-corrected chi connectivity index (χ4v) is 3.21. The van der Waals surface area contributed by atoms with E-state index in [4.69, 9.17) is 0 Å². The third kappa shape index (κ3) is 2.14. The molecule has 1 fully saturated rings. The molecule has 1 aromatic carbocycles. The summed E-state index contributed by atoms with van der Waals surface area (Å²) in [6.45, 7) is 0. The minimum atomic E-state index is -0.786. The Morgan fingerprint density at radius 2 is 1.80 bits per heavy atom. The van der Waals surface area contributed by atoms with Crippen LogP contribution in [-0.4, -0.2) is 21.6 Å². The lowest BCUT2D eigenvalue weighted by atomic mass is 10.2. The van der Waals surface area contributed by atoms with Crippen molar-refractivity contribution in [1.29, 1.82) is 0 Å². The first-order chi connectivity index (χ1) is 9.68. The van der Waals surface area contributed by atoms with Crippen molar-refractivity contribution in [3.05, 3.63) is 53.9 Å². The van der Waals surface area contributed by atoms with E-state index in [1.807, 2.05) is 0 Å². The second-order valence-electron chi connectivity index (χ2n) is 4.11. The van der Waals surface area contributed by atoms with Crippen LogP contribution in [0.25, 0.3) is 0 Å². The summed E-state index contributed by atoms with van der Waals surface area (Å²) in [7, 11) is 0. The van der Waals surface area contributed by atoms with Gasteiger partial charge in [-0.1, -0.05) is 6.07 Å². The number of rotatable bonds is 2. The van der Waals surface area contributed by atoms with Crippen LogP contribution in [-0.2, 0) is 4.79 Å². The van der Waals surface area contributed by atoms with Gasteiger partial charge in [0.05, 0.1) is 11.3 Å². The quantitative estimate of drug-likeness (QED) is 0.853. The number of carbonyl (C=O) groups is 1. The molecule has 1 atom stereocenters. The first-order valence-electron chi connectivity index (χ1n) is 5.83. The van der Waals surface area contributed by atoms with E-state index in [9.17, 15) is 13.6 Å². The van der Waals surface area contributed by atoms with Gasteiger partial charge in [0.25, 0.3) is 0 Å². The third-order valence-corrected chi connectivity index (χ3v) is 4.06. The summed E-state index contributed by atoms with van der Waals surface area (Å²) in [6, 6.07) is 5.24. The van der Waals surface area contributed by atoms with E-state index in [1.54, 1.807) is 6.07 Å². The first kappa shape index (κ1) is 13.0. The lowest BCUT2D eigenvalue weighted by Gasteiger charge is -2.22. The molecular weight excluding hydrogens is 284 g/mol. The zero-order valence-electron chi connectivity index (χ0n) is 10.2. The molecule has 7 heteroatoms. The molecule has 2 heterocycles. The van der Waals surface area contributed by atoms with Crippen molar-refractivity contribution in [2.75, 3.05) is 10.7 Å². The van der Waals surface area contributed by atoms with Crippen LogP contribution in [0.1, 0.15) is 10.9 Å². The highest BCUT2D eigenvalue weighted by Gasteiger charge is 2.38. The summed E-state index contributed by atoms with van der Waals surface area (Å²) in [4.78, 5) is 21.2. The fourth-order valence-electron chi connectivity index (χ4n) is 2.02. The predicted molar refractivity (Wildman–Crippen MR) is 71.1 cm³/mol. The molecule has 1 aliphatic heterocycles. The zero-order chi connectivity index (χ0) is 14.1. The number of hydrogen-bond donors (Lipinski definition) is 0. The van der Waals surface area contributed by atoms with Crippen LogP contribution < -0.4 is 4.90 Å². The van der Waals surface area contributed by atoms with Crippen molar-refractivity contribution in [2.45, 2.75) is 5.37 Å². The Balaban J connectivity index is 2.07. The van der Waals surface area contributed by atoms with Crippen LogP contribution >= 0.6 is 11.8 Å². The molecule has 0 saturated carbocycles. The molecule has 1 aliphatic rings. The summed E-state index contributed by atoms with van der Waals surface area (Å²) >= 11 is 1.15. The highest BCUT2D eigenvalue weighted by atomic mass is 32.2. The van der Waals surface area contributed by atoms with Crippen LogP contribution in [0, 0.1) is 11.6 Å². The predicted octanol–water partition coefficient (Wildman–Crippen LogP) is 2.53. The summed E-state index contributed by atoms with van der Waals surface area (Å²) < 4.78 is 27.8. The van der Waals surface area contributed by atoms with Crippen LogP contribution in [0.5, 0.6) is 0 Å². The fraction of sp³-hybridized carbons (Fsp3) is 0.154. The second-order valence-corrected chi connectivity index (χ2v) is 5.18. The largest absolute Gasteiger partial charge is 0.273 e. The number of amides is 1. The van der Waals surface area contributed by atoms with Crippen molar-refractivity contribution >= 4 is 23.6 Å². The van der Waals surface area contributed by atoms with E-state index >= 15 is 0 Å². The van der Waals surface area contributed by atoms with Gasteiger partial charge in [0, 0.05) is 12.4 Å². The van der Waals surface area contributed by atoms with Crippen LogP contribution in [0.15, 0.2) is 36.7 Å². The van der Waals surface area contributed by atoms with Gasteiger partial charge < -0.3 is 0 Å². The van der Waals surface area contributed by atoms with E-state index in [0.717, 1.165) is 11.8 Å². The normalized spacial score (nSPS) is 18.6. The average Bonchev–Trinajstić information content (AvgIpc) is 2.81. The molecular formula is C13H9F2N3OS. The maximum Gasteiger partial charge on any atom is 0.240 e. The molecule has 20 heavy (non-hydrogen) atoms. The Kier molecular flexibility index (Phi) is 3.35. The van der Waals surface area contributed by atoms with Gasteiger partial charge in [-0.05, 0) is 18.2 Å². The van der Waals surface area contributed by atoms with Crippen molar-refractivity contribution in [3.63, 3.8) is 0 Å². The molecule has 0 radical (unpaired) electrons. The number of benzene rings is 1. The Morgan fingerprint density at radius 3 is 2.45 bits per heavy atom. The number of hydrogen-bond acceptors (Lipinski definition) is 4. The van der Waals surface area contributed by atoms with Gasteiger partial charge in [0.1, 0.15) is 17.0 Å². The molecule has 0 aliphatic carbocycles. The summed E-state index contributed by atoms with van der Waals surface area (Å²) in [6.07, 6.45) is 2.96. The number of halogens is 2. The zero-order valence-corrected chi connectivity index (χ0v) is 11.0. The molecule has 4 nitrogen and oxygen atoms in total. The van der Waals surface area contributed by atoms with Gasteiger partial charge in [-0.2, -0.15) is 0 Å². The Morgan fingerprint density at radius 1 is 1.15 bits per heavy atom. The molecule has 0 N–H and O–H groups in total. The summed E-state index contributed by atoms with van der Waals surface area (Å²) in [5.41, 5.74) is -0.143. The molecule has 2 aromatic rings. The highest BCUT2D eigenvalue weighted by Crippen LogP contribution is 2.42. The van der Waals surface area contributed by atoms with Gasteiger partial charge in [-0.3, -0.25) is 9.69 Å². The summed E-state index contributed by atoms with van der Waals surface area (Å²) in [5.74, 6) is -1.35. The van der Waals surface area contributed by atoms with Crippen LogP contribution in [0.4, 0.5) is 14.7 Å². The Labute approximate surface area is 117 Å². The monoisotopic (exact) mass is 293 g/mol. The third-order valence-electron chi connectivity index (χ3n) is 2.88. The van der Waals surface area contributed by atoms with Gasteiger partial charge in [-0.15, -0.1) is 11.8 Å². The molecule has 3 rings (SSSR count). The lowest BCUT2D eigenvalue weighted by Crippen LogP contribution is -2.30. The van der Waals surface area contributed by atoms with E-state index in [0.29, 0.717) is 0 Å². The second kappa shape index (κ2) is 5.16. The van der Waals surface area contributed by atoms with Gasteiger partial charge in [-0.25, -0.2) is 18.7 Å². The van der Waals surface area contributed by atoms with Gasteiger partial charge >= 0.3 is 0 Å². The van der Waals surface area contributed by atoms with E-state index in [2.05, 4.69) is 9.97 Å². The lowest BCUT2D eigenvalue weighted by molar-refractivity contribution is -0.115. The first-order valence-corrected chi connectivity index (χ1v) is 6.88. The van der Waals surface area contributed by atoms with Crippen molar-refractivity contribution in [3.8, 4) is 0 Å². The van der Waals surface area contributed by atoms with Crippen LogP contribution in [0.2, 0.25) is 0 Å². The van der Waals surface area contributed by atoms with E-state index in [1.165, 1.54) is 35.5 Å². The van der Waals surface area contributed by atoms with Gasteiger partial charge in [0.15, 0.2) is 0 Å². The maximum absolute atomic E-state index is 13.9. The molecule has 0 bridgehead atoms. The van der Waals surface area contributed by atoms with Crippen molar-refractivity contribution < 1.29 is 13.6 Å². The molecule has 1 saturated heterocycles.